The van der Waals surface area contributed by atoms with Gasteiger partial charge < -0.3 is 9.73 Å². The van der Waals surface area contributed by atoms with Gasteiger partial charge in [-0.15, -0.1) is 0 Å². The summed E-state index contributed by atoms with van der Waals surface area (Å²) in [6, 6.07) is 9.83. The van der Waals surface area contributed by atoms with E-state index in [-0.39, 0.29) is 11.9 Å². The summed E-state index contributed by atoms with van der Waals surface area (Å²) >= 11 is 0. The van der Waals surface area contributed by atoms with Gasteiger partial charge in [0, 0.05) is 18.7 Å². The average Bonchev–Trinajstić information content (AvgIpc) is 3.00. The van der Waals surface area contributed by atoms with Gasteiger partial charge in [-0.3, -0.25) is 9.69 Å². The highest BCUT2D eigenvalue weighted by Crippen LogP contribution is 2.22. The van der Waals surface area contributed by atoms with Gasteiger partial charge in [-0.05, 0) is 12.3 Å². The van der Waals surface area contributed by atoms with Crippen LogP contribution in [0.1, 0.15) is 26.2 Å². The fourth-order valence-electron chi connectivity index (χ4n) is 2.95. The average molecular weight is 313 g/mol. The molecule has 5 nitrogen and oxygen atoms in total. The van der Waals surface area contributed by atoms with Crippen LogP contribution in [0.25, 0.3) is 11.3 Å². The van der Waals surface area contributed by atoms with Gasteiger partial charge >= 0.3 is 0 Å². The summed E-state index contributed by atoms with van der Waals surface area (Å²) in [6.07, 6.45) is 2.60. The zero-order chi connectivity index (χ0) is 16.2. The lowest BCUT2D eigenvalue weighted by atomic mass is 10.00. The Morgan fingerprint density at radius 1 is 1.35 bits per heavy atom. The summed E-state index contributed by atoms with van der Waals surface area (Å²) in [6.45, 7) is 6.35. The Morgan fingerprint density at radius 3 is 2.87 bits per heavy atom. The second-order valence-corrected chi connectivity index (χ2v) is 6.39. The molecule has 0 saturated carbocycles. The molecular formula is C18H23N3O2. The molecular weight excluding hydrogens is 290 g/mol. The van der Waals surface area contributed by atoms with Crippen LogP contribution < -0.4 is 5.32 Å². The fourth-order valence-corrected chi connectivity index (χ4v) is 2.95. The van der Waals surface area contributed by atoms with E-state index in [0.717, 1.165) is 24.3 Å². The number of benzene rings is 1. The molecule has 1 aromatic carbocycles. The zero-order valence-electron chi connectivity index (χ0n) is 13.7. The number of carbonyl (C=O) groups excluding carboxylic acids is 1. The van der Waals surface area contributed by atoms with E-state index in [1.807, 2.05) is 30.3 Å². The summed E-state index contributed by atoms with van der Waals surface area (Å²) in [5.41, 5.74) is 1.02. The molecule has 1 aliphatic heterocycles. The van der Waals surface area contributed by atoms with Crippen molar-refractivity contribution < 1.29 is 9.21 Å². The molecule has 3 rings (SSSR count). The molecule has 2 heterocycles. The molecule has 1 atom stereocenters. The smallest absolute Gasteiger partial charge is 0.237 e. The lowest BCUT2D eigenvalue weighted by Gasteiger charge is -2.35. The second kappa shape index (κ2) is 6.96. The van der Waals surface area contributed by atoms with Gasteiger partial charge in [-0.2, -0.15) is 0 Å². The summed E-state index contributed by atoms with van der Waals surface area (Å²) in [7, 11) is 0. The Labute approximate surface area is 136 Å². The minimum absolute atomic E-state index is 0.101. The van der Waals surface area contributed by atoms with Gasteiger partial charge in [0.1, 0.15) is 0 Å². The molecule has 122 valence electrons. The number of amides is 1. The molecule has 5 heteroatoms. The maximum Gasteiger partial charge on any atom is 0.237 e. The molecule has 1 amide bonds. The molecule has 0 unspecified atom stereocenters. The van der Waals surface area contributed by atoms with Gasteiger partial charge in [0.25, 0.3) is 0 Å². The highest BCUT2D eigenvalue weighted by Gasteiger charge is 2.31. The van der Waals surface area contributed by atoms with Crippen LogP contribution in [0.5, 0.6) is 0 Å². The molecule has 1 aromatic heterocycles. The molecule has 0 aliphatic carbocycles. The predicted octanol–water partition coefficient (Wildman–Crippen LogP) is 2.69. The third-order valence-electron chi connectivity index (χ3n) is 4.09. The fraction of sp³-hybridized carbons (Fsp3) is 0.444. The van der Waals surface area contributed by atoms with Crippen LogP contribution >= 0.6 is 0 Å². The van der Waals surface area contributed by atoms with Crippen LogP contribution in [0, 0.1) is 5.92 Å². The van der Waals surface area contributed by atoms with E-state index in [1.54, 1.807) is 6.20 Å². The third-order valence-corrected chi connectivity index (χ3v) is 4.09. The van der Waals surface area contributed by atoms with Gasteiger partial charge in [0.2, 0.25) is 11.8 Å². The Kier molecular flexibility index (Phi) is 4.76. The summed E-state index contributed by atoms with van der Waals surface area (Å²) in [5.74, 6) is 2.00. The van der Waals surface area contributed by atoms with E-state index < -0.39 is 0 Å². The molecule has 0 bridgehead atoms. The summed E-state index contributed by atoms with van der Waals surface area (Å²) in [4.78, 5) is 18.7. The van der Waals surface area contributed by atoms with E-state index >= 15 is 0 Å². The van der Waals surface area contributed by atoms with Gasteiger partial charge in [0.05, 0.1) is 18.8 Å². The number of aromatic nitrogens is 1. The first-order valence-electron chi connectivity index (χ1n) is 8.15. The second-order valence-electron chi connectivity index (χ2n) is 6.39. The normalized spacial score (nSPS) is 19.1. The number of oxazole rings is 1. The number of hydrogen-bond acceptors (Lipinski definition) is 4. The van der Waals surface area contributed by atoms with E-state index in [2.05, 4.69) is 29.0 Å². The van der Waals surface area contributed by atoms with Crippen LogP contribution in [0.15, 0.2) is 40.9 Å². The summed E-state index contributed by atoms with van der Waals surface area (Å²) < 4.78 is 5.88. The van der Waals surface area contributed by atoms with Crippen LogP contribution in [0.4, 0.5) is 0 Å². The number of rotatable bonds is 5. The number of piperazine rings is 1. The Hall–Kier alpha value is -2.14. The van der Waals surface area contributed by atoms with Crippen LogP contribution in [-0.2, 0) is 11.3 Å². The minimum Gasteiger partial charge on any atom is -0.439 e. The van der Waals surface area contributed by atoms with Crippen molar-refractivity contribution >= 4 is 5.91 Å². The molecule has 1 saturated heterocycles. The van der Waals surface area contributed by atoms with E-state index in [0.29, 0.717) is 24.9 Å². The highest BCUT2D eigenvalue weighted by atomic mass is 16.4. The van der Waals surface area contributed by atoms with Crippen LogP contribution in [0.3, 0.4) is 0 Å². The third kappa shape index (κ3) is 3.79. The number of nitrogens with zero attached hydrogens (tertiary/aromatic N) is 2. The first-order valence-corrected chi connectivity index (χ1v) is 8.15. The lowest BCUT2D eigenvalue weighted by molar-refractivity contribution is -0.130. The monoisotopic (exact) mass is 313 g/mol. The van der Waals surface area contributed by atoms with Crippen molar-refractivity contribution in [3.63, 3.8) is 0 Å². The largest absolute Gasteiger partial charge is 0.439 e. The van der Waals surface area contributed by atoms with Crippen LogP contribution in [0.2, 0.25) is 0 Å². The topological polar surface area (TPSA) is 58.4 Å². The van der Waals surface area contributed by atoms with Crippen molar-refractivity contribution in [3.05, 3.63) is 42.4 Å². The number of nitrogens with one attached hydrogen (secondary N) is 1. The zero-order valence-corrected chi connectivity index (χ0v) is 13.7. The maximum absolute atomic E-state index is 12.2. The first kappa shape index (κ1) is 15.7. The standard InChI is InChI=1S/C18H23N3O2/c1-13(2)10-15-18(22)19-8-9-21(15)12-17-20-11-16(23-17)14-6-4-3-5-7-14/h3-7,11,13,15H,8-10,12H2,1-2H3,(H,19,22)/t15-/m0/s1. The van der Waals surface area contributed by atoms with Gasteiger partial charge in [-0.25, -0.2) is 4.98 Å². The molecule has 1 N–H and O–H groups in total. The van der Waals surface area contributed by atoms with E-state index in [4.69, 9.17) is 4.42 Å². The van der Waals surface area contributed by atoms with E-state index in [1.165, 1.54) is 0 Å². The molecule has 0 radical (unpaired) electrons. The number of hydrogen-bond donors (Lipinski definition) is 1. The van der Waals surface area contributed by atoms with Crippen molar-refractivity contribution in [1.82, 2.24) is 15.2 Å². The summed E-state index contributed by atoms with van der Waals surface area (Å²) in [5, 5.41) is 2.95. The Morgan fingerprint density at radius 2 is 2.13 bits per heavy atom. The van der Waals surface area contributed by atoms with Crippen molar-refractivity contribution in [3.8, 4) is 11.3 Å². The number of carbonyl (C=O) groups is 1. The van der Waals surface area contributed by atoms with Gasteiger partial charge in [0.15, 0.2) is 5.76 Å². The van der Waals surface area contributed by atoms with Gasteiger partial charge in [-0.1, -0.05) is 44.2 Å². The SMILES string of the molecule is CC(C)C[C@H]1C(=O)NCCN1Cc1ncc(-c2ccccc2)o1. The first-order chi connectivity index (χ1) is 11.1. The predicted molar refractivity (Wildman–Crippen MR) is 88.6 cm³/mol. The van der Waals surface area contributed by atoms with Crippen molar-refractivity contribution in [2.24, 2.45) is 5.92 Å². The molecule has 23 heavy (non-hydrogen) atoms. The molecule has 1 fully saturated rings. The lowest BCUT2D eigenvalue weighted by Crippen LogP contribution is -2.55. The molecule has 2 aromatic rings. The van der Waals surface area contributed by atoms with E-state index in [9.17, 15) is 4.79 Å². The van der Waals surface area contributed by atoms with Crippen molar-refractivity contribution in [1.29, 1.82) is 0 Å². The Bertz CT molecular complexity index is 651. The molecule has 0 spiro atoms. The van der Waals surface area contributed by atoms with Crippen molar-refractivity contribution in [2.75, 3.05) is 13.1 Å². The minimum atomic E-state index is -0.101. The van der Waals surface area contributed by atoms with Crippen molar-refractivity contribution in [2.45, 2.75) is 32.9 Å². The van der Waals surface area contributed by atoms with Crippen LogP contribution in [-0.4, -0.2) is 34.9 Å². The molecule has 1 aliphatic rings. The quantitative estimate of drug-likeness (QED) is 0.922. The Balaban J connectivity index is 1.73. The maximum atomic E-state index is 12.2. The highest BCUT2D eigenvalue weighted by molar-refractivity contribution is 5.82.